The van der Waals surface area contributed by atoms with E-state index in [2.05, 4.69) is 37.9 Å². The van der Waals surface area contributed by atoms with Crippen LogP contribution in [0.4, 0.5) is 0 Å². The van der Waals surface area contributed by atoms with Crippen LogP contribution in [0.25, 0.3) is 22.3 Å². The maximum absolute atomic E-state index is 5.39. The molecule has 2 aliphatic heterocycles. The molecule has 0 atom stereocenters. The van der Waals surface area contributed by atoms with Gasteiger partial charge in [-0.25, -0.2) is 4.98 Å². The lowest BCUT2D eigenvalue weighted by Crippen LogP contribution is -2.28. The minimum absolute atomic E-state index is 0.479. The third kappa shape index (κ3) is 3.62. The van der Waals surface area contributed by atoms with Crippen molar-refractivity contribution in [2.75, 3.05) is 20.2 Å². The number of piperidine rings is 1. The van der Waals surface area contributed by atoms with Gasteiger partial charge in [0.2, 0.25) is 0 Å². The number of fused-ring (bicyclic) bond motifs is 2. The summed E-state index contributed by atoms with van der Waals surface area (Å²) in [5, 5.41) is 8.04. The number of H-pyrrole nitrogens is 1. The highest BCUT2D eigenvalue weighted by Gasteiger charge is 2.24. The van der Waals surface area contributed by atoms with Crippen molar-refractivity contribution >= 4 is 16.7 Å². The van der Waals surface area contributed by atoms with Gasteiger partial charge in [0.05, 0.1) is 30.6 Å². The molecule has 8 nitrogen and oxygen atoms in total. The van der Waals surface area contributed by atoms with Crippen LogP contribution in [0.2, 0.25) is 0 Å². The van der Waals surface area contributed by atoms with Gasteiger partial charge in [-0.15, -0.1) is 0 Å². The predicted molar refractivity (Wildman–Crippen MR) is 127 cm³/mol. The van der Waals surface area contributed by atoms with Gasteiger partial charge in [0.25, 0.3) is 0 Å². The van der Waals surface area contributed by atoms with Crippen molar-refractivity contribution in [2.45, 2.75) is 25.3 Å². The fourth-order valence-corrected chi connectivity index (χ4v) is 4.65. The lowest BCUT2D eigenvalue weighted by Gasteiger charge is -2.24. The van der Waals surface area contributed by atoms with Gasteiger partial charge in [-0.2, -0.15) is 5.10 Å². The molecular weight excluding hydrogens is 414 g/mol. The van der Waals surface area contributed by atoms with Crippen molar-refractivity contribution < 1.29 is 4.74 Å². The highest BCUT2D eigenvalue weighted by atomic mass is 16.5. The first kappa shape index (κ1) is 19.9. The van der Waals surface area contributed by atoms with Crippen LogP contribution in [0.5, 0.6) is 5.75 Å². The molecule has 0 bridgehead atoms. The number of hydrogen-bond donors (Lipinski definition) is 3. The van der Waals surface area contributed by atoms with Crippen LogP contribution in [0.3, 0.4) is 0 Å². The van der Waals surface area contributed by atoms with E-state index >= 15 is 0 Å². The molecule has 0 unspecified atom stereocenters. The number of aromatic nitrogens is 4. The fraction of sp³-hybridized carbons (Fsp3) is 0.280. The molecule has 3 N–H and O–H groups in total. The van der Waals surface area contributed by atoms with Crippen LogP contribution in [0.1, 0.15) is 41.5 Å². The lowest BCUT2D eigenvalue weighted by molar-refractivity contribution is 0.415. The second-order valence-corrected chi connectivity index (χ2v) is 8.44. The standard InChI is InChI=1S/C25H25N7O/c1-33-18-4-2-3-16(13-18)21-23-20(9-12-27-21)30-25(31-23)24-22-17(14-28-32-24)5-6-19(29-22)15-7-10-26-11-8-15/h2-6,9,12-13,15,26,28H,7-8,10-11,14H2,1H3,(H,30,31). The largest absolute Gasteiger partial charge is 0.497 e. The van der Waals surface area contributed by atoms with E-state index < -0.39 is 0 Å². The Hall–Kier alpha value is -3.78. The molecule has 5 heterocycles. The summed E-state index contributed by atoms with van der Waals surface area (Å²) < 4.78 is 5.39. The summed E-state index contributed by atoms with van der Waals surface area (Å²) in [5.74, 6) is 1.95. The first-order chi connectivity index (χ1) is 16.3. The van der Waals surface area contributed by atoms with Crippen LogP contribution in [-0.4, -0.2) is 45.8 Å². The van der Waals surface area contributed by atoms with Crippen molar-refractivity contribution in [3.63, 3.8) is 0 Å². The van der Waals surface area contributed by atoms with Gasteiger partial charge in [-0.05, 0) is 50.2 Å². The highest BCUT2D eigenvalue weighted by Crippen LogP contribution is 2.29. The average molecular weight is 440 g/mol. The number of aromatic amines is 1. The zero-order valence-corrected chi connectivity index (χ0v) is 18.4. The van der Waals surface area contributed by atoms with Gasteiger partial charge in [0, 0.05) is 28.9 Å². The molecule has 0 amide bonds. The molecule has 1 saturated heterocycles. The van der Waals surface area contributed by atoms with E-state index in [-0.39, 0.29) is 0 Å². The summed E-state index contributed by atoms with van der Waals surface area (Å²) in [7, 11) is 1.66. The van der Waals surface area contributed by atoms with E-state index in [9.17, 15) is 0 Å². The third-order valence-electron chi connectivity index (χ3n) is 6.41. The quantitative estimate of drug-likeness (QED) is 0.451. The third-order valence-corrected chi connectivity index (χ3v) is 6.41. The van der Waals surface area contributed by atoms with E-state index in [1.54, 1.807) is 13.3 Å². The van der Waals surface area contributed by atoms with Crippen molar-refractivity contribution in [1.82, 2.24) is 30.7 Å². The van der Waals surface area contributed by atoms with Crippen molar-refractivity contribution in [3.05, 3.63) is 71.4 Å². The number of ether oxygens (including phenoxy) is 1. The van der Waals surface area contributed by atoms with Crippen molar-refractivity contribution in [1.29, 1.82) is 0 Å². The molecular formula is C25H25N7O. The molecule has 8 heteroatoms. The van der Waals surface area contributed by atoms with Crippen LogP contribution in [-0.2, 0) is 6.54 Å². The number of nitrogens with one attached hydrogen (secondary N) is 3. The zero-order chi connectivity index (χ0) is 22.2. The monoisotopic (exact) mass is 439 g/mol. The smallest absolute Gasteiger partial charge is 0.161 e. The number of methoxy groups -OCH3 is 1. The average Bonchev–Trinajstić information content (AvgIpc) is 3.33. The second-order valence-electron chi connectivity index (χ2n) is 8.44. The van der Waals surface area contributed by atoms with E-state index in [0.29, 0.717) is 18.3 Å². The summed E-state index contributed by atoms with van der Waals surface area (Å²) in [6.07, 6.45) is 4.01. The van der Waals surface area contributed by atoms with Gasteiger partial charge in [0.15, 0.2) is 11.5 Å². The number of rotatable bonds is 4. The second kappa shape index (κ2) is 8.29. The Morgan fingerprint density at radius 2 is 1.91 bits per heavy atom. The Kier molecular flexibility index (Phi) is 4.99. The Morgan fingerprint density at radius 3 is 2.79 bits per heavy atom. The summed E-state index contributed by atoms with van der Waals surface area (Å²) in [6.45, 7) is 2.74. The van der Waals surface area contributed by atoms with Crippen molar-refractivity contribution in [3.8, 4) is 17.0 Å². The first-order valence-electron chi connectivity index (χ1n) is 11.3. The number of hydrazone groups is 1. The molecule has 33 heavy (non-hydrogen) atoms. The maximum Gasteiger partial charge on any atom is 0.161 e. The molecule has 1 fully saturated rings. The Balaban J connectivity index is 1.42. The summed E-state index contributed by atoms with van der Waals surface area (Å²) >= 11 is 0. The molecule has 0 aliphatic carbocycles. The maximum atomic E-state index is 5.39. The molecule has 166 valence electrons. The number of benzene rings is 1. The normalized spacial score (nSPS) is 16.2. The van der Waals surface area contributed by atoms with E-state index in [4.69, 9.17) is 14.7 Å². The Morgan fingerprint density at radius 1 is 1.00 bits per heavy atom. The summed E-state index contributed by atoms with van der Waals surface area (Å²) in [5.41, 5.74) is 10.5. The van der Waals surface area contributed by atoms with Gasteiger partial charge >= 0.3 is 0 Å². The SMILES string of the molecule is COc1cccc(-c2nccc3[nH]c(C4=NNCc5ccc(C6CCNCC6)nc54)nc23)c1. The molecule has 4 aromatic rings. The molecule has 2 aliphatic rings. The molecule has 1 aromatic carbocycles. The van der Waals surface area contributed by atoms with E-state index in [1.165, 1.54) is 0 Å². The minimum atomic E-state index is 0.479. The number of hydrogen-bond acceptors (Lipinski definition) is 7. The summed E-state index contributed by atoms with van der Waals surface area (Å²) in [4.78, 5) is 18.1. The van der Waals surface area contributed by atoms with Crippen LogP contribution >= 0.6 is 0 Å². The fourth-order valence-electron chi connectivity index (χ4n) is 4.65. The zero-order valence-electron chi connectivity index (χ0n) is 18.4. The summed E-state index contributed by atoms with van der Waals surface area (Å²) in [6, 6.07) is 14.1. The van der Waals surface area contributed by atoms with Gasteiger partial charge < -0.3 is 20.5 Å². The Bertz CT molecular complexity index is 1350. The van der Waals surface area contributed by atoms with Gasteiger partial charge in [-0.1, -0.05) is 18.2 Å². The topological polar surface area (TPSA) is 100 Å². The molecule has 6 rings (SSSR count). The van der Waals surface area contributed by atoms with Crippen molar-refractivity contribution in [2.24, 2.45) is 5.10 Å². The molecule has 3 aromatic heterocycles. The molecule has 0 spiro atoms. The van der Waals surface area contributed by atoms with E-state index in [0.717, 1.165) is 76.6 Å². The van der Waals surface area contributed by atoms with Crippen LogP contribution < -0.4 is 15.5 Å². The van der Waals surface area contributed by atoms with Gasteiger partial charge in [-0.3, -0.25) is 9.97 Å². The number of imidazole rings is 1. The van der Waals surface area contributed by atoms with Gasteiger partial charge in [0.1, 0.15) is 11.3 Å². The molecule has 0 radical (unpaired) electrons. The lowest BCUT2D eigenvalue weighted by atomic mass is 9.93. The molecule has 0 saturated carbocycles. The first-order valence-corrected chi connectivity index (χ1v) is 11.3. The minimum Gasteiger partial charge on any atom is -0.497 e. The number of nitrogens with zero attached hydrogens (tertiary/aromatic N) is 4. The Labute approximate surface area is 191 Å². The highest BCUT2D eigenvalue weighted by molar-refractivity contribution is 6.12. The predicted octanol–water partition coefficient (Wildman–Crippen LogP) is 3.35. The van der Waals surface area contributed by atoms with Crippen LogP contribution in [0, 0.1) is 0 Å². The number of pyridine rings is 2. The van der Waals surface area contributed by atoms with Crippen LogP contribution in [0.15, 0.2) is 53.8 Å². The van der Waals surface area contributed by atoms with E-state index in [1.807, 2.05) is 30.3 Å².